The summed E-state index contributed by atoms with van der Waals surface area (Å²) >= 11 is 5.97. The predicted octanol–water partition coefficient (Wildman–Crippen LogP) is 4.31. The molecule has 0 radical (unpaired) electrons. The third-order valence-electron chi connectivity index (χ3n) is 5.83. The molecule has 0 aliphatic carbocycles. The second-order valence-electron chi connectivity index (χ2n) is 8.46. The Morgan fingerprint density at radius 1 is 1.14 bits per heavy atom. The Hall–Kier alpha value is -3.24. The maximum Gasteiger partial charge on any atom is 0.278 e. The Morgan fingerprint density at radius 2 is 1.75 bits per heavy atom. The van der Waals surface area contributed by atoms with E-state index in [0.717, 1.165) is 10.5 Å². The van der Waals surface area contributed by atoms with Crippen LogP contribution in [0.15, 0.2) is 41.2 Å². The summed E-state index contributed by atoms with van der Waals surface area (Å²) < 4.78 is 42.9. The summed E-state index contributed by atoms with van der Waals surface area (Å²) in [6, 6.07) is 7.99. The number of halogens is 5. The van der Waals surface area contributed by atoms with Gasteiger partial charge in [0.2, 0.25) is 5.95 Å². The van der Waals surface area contributed by atoms with Gasteiger partial charge < -0.3 is 15.2 Å². The molecule has 0 fully saturated rings. The molecule has 1 aliphatic heterocycles. The van der Waals surface area contributed by atoms with Crippen molar-refractivity contribution in [3.63, 3.8) is 0 Å². The zero-order valence-electron chi connectivity index (χ0n) is 19.7. The van der Waals surface area contributed by atoms with E-state index in [4.69, 9.17) is 11.6 Å². The first-order chi connectivity index (χ1) is 16.6. The molecule has 1 N–H and O–H groups in total. The molecule has 2 aromatic carbocycles. The van der Waals surface area contributed by atoms with E-state index in [1.54, 1.807) is 31.2 Å². The number of carbonyl (C=O) groups is 1. The highest BCUT2D eigenvalue weighted by Gasteiger charge is 2.30. The zero-order valence-corrected chi connectivity index (χ0v) is 21.3. The number of nitrogens with one attached hydrogen (secondary N) is 1. The van der Waals surface area contributed by atoms with E-state index < -0.39 is 34.5 Å². The molecule has 0 saturated heterocycles. The second kappa shape index (κ2) is 10.8. The van der Waals surface area contributed by atoms with E-state index in [9.17, 15) is 22.8 Å². The van der Waals surface area contributed by atoms with Gasteiger partial charge in [-0.05, 0) is 24.6 Å². The Balaban J connectivity index is 0.00000361. The molecule has 1 amide bonds. The van der Waals surface area contributed by atoms with E-state index in [1.807, 2.05) is 19.1 Å². The number of nitrogens with zero attached hydrogens (tertiary/aromatic N) is 4. The van der Waals surface area contributed by atoms with Crippen molar-refractivity contribution in [3.05, 3.63) is 91.6 Å². The van der Waals surface area contributed by atoms with Gasteiger partial charge in [0.05, 0.1) is 23.8 Å². The van der Waals surface area contributed by atoms with Gasteiger partial charge in [0.25, 0.3) is 11.5 Å². The lowest BCUT2D eigenvalue weighted by atomic mass is 10.0. The summed E-state index contributed by atoms with van der Waals surface area (Å²) in [4.78, 5) is 32.1. The molecule has 0 spiro atoms. The van der Waals surface area contributed by atoms with Gasteiger partial charge in [-0.3, -0.25) is 9.59 Å². The molecule has 1 atom stereocenters. The Labute approximate surface area is 216 Å². The van der Waals surface area contributed by atoms with Crippen LogP contribution in [-0.4, -0.2) is 41.1 Å². The summed E-state index contributed by atoms with van der Waals surface area (Å²) in [6.45, 7) is 1.82. The molecule has 1 aromatic heterocycles. The van der Waals surface area contributed by atoms with E-state index in [1.165, 1.54) is 4.68 Å². The van der Waals surface area contributed by atoms with Crippen LogP contribution < -0.4 is 15.9 Å². The lowest BCUT2D eigenvalue weighted by molar-refractivity contribution is 0.0722. The van der Waals surface area contributed by atoms with Crippen LogP contribution in [0.4, 0.5) is 19.1 Å². The number of carbonyl (C=O) groups excluding carboxylic acids is 1. The van der Waals surface area contributed by atoms with E-state index in [0.29, 0.717) is 28.8 Å². The number of aromatic nitrogens is 2. The molecule has 12 heteroatoms. The fourth-order valence-electron chi connectivity index (χ4n) is 4.04. The van der Waals surface area contributed by atoms with Gasteiger partial charge in [0, 0.05) is 44.2 Å². The van der Waals surface area contributed by atoms with Crippen LogP contribution in [0.25, 0.3) is 0 Å². The highest BCUT2D eigenvalue weighted by atomic mass is 35.5. The van der Waals surface area contributed by atoms with E-state index in [2.05, 4.69) is 10.3 Å². The number of benzene rings is 2. The van der Waals surface area contributed by atoms with Crippen LogP contribution in [0.1, 0.15) is 40.1 Å². The minimum atomic E-state index is -1.29. The van der Waals surface area contributed by atoms with Crippen LogP contribution in [0.3, 0.4) is 0 Å². The molecule has 3 aromatic rings. The van der Waals surface area contributed by atoms with Crippen LogP contribution in [0, 0.1) is 17.5 Å². The molecular weight excluding hydrogens is 518 g/mol. The normalized spacial score (nSPS) is 13.5. The van der Waals surface area contributed by atoms with Gasteiger partial charge in [-0.25, -0.2) is 18.2 Å². The quantitative estimate of drug-likeness (QED) is 0.521. The maximum atomic E-state index is 14.2. The molecule has 192 valence electrons. The maximum absolute atomic E-state index is 14.2. The fraction of sp³-hybridized carbons (Fsp3) is 0.292. The Morgan fingerprint density at radius 3 is 2.33 bits per heavy atom. The number of hydrogen-bond donors (Lipinski definition) is 1. The van der Waals surface area contributed by atoms with Crippen molar-refractivity contribution in [2.45, 2.75) is 25.9 Å². The van der Waals surface area contributed by atoms with Gasteiger partial charge in [-0.1, -0.05) is 23.7 Å². The zero-order chi connectivity index (χ0) is 25.4. The summed E-state index contributed by atoms with van der Waals surface area (Å²) in [5.41, 5.74) is 0.398. The van der Waals surface area contributed by atoms with Gasteiger partial charge in [0.1, 0.15) is 23.0 Å². The van der Waals surface area contributed by atoms with Crippen molar-refractivity contribution >= 4 is 35.9 Å². The average Bonchev–Trinajstić information content (AvgIpc) is 2.78. The first-order valence-electron chi connectivity index (χ1n) is 10.8. The Bertz CT molecular complexity index is 1330. The van der Waals surface area contributed by atoms with Crippen molar-refractivity contribution in [2.75, 3.05) is 31.0 Å². The van der Waals surface area contributed by atoms with Crippen LogP contribution in [-0.2, 0) is 13.0 Å². The van der Waals surface area contributed by atoms with Gasteiger partial charge in [-0.15, -0.1) is 12.4 Å². The molecule has 4 rings (SSSR count). The number of rotatable bonds is 5. The lowest BCUT2D eigenvalue weighted by Gasteiger charge is -2.31. The first kappa shape index (κ1) is 27.3. The second-order valence-corrected chi connectivity index (χ2v) is 8.90. The van der Waals surface area contributed by atoms with Crippen molar-refractivity contribution in [1.29, 1.82) is 0 Å². The summed E-state index contributed by atoms with van der Waals surface area (Å²) in [5, 5.41) is 5.41. The number of hydrogen-bond acceptors (Lipinski definition) is 5. The fourth-order valence-corrected chi connectivity index (χ4v) is 4.16. The smallest absolute Gasteiger partial charge is 0.278 e. The SMILES string of the molecule is C[C@H](Nc1nc2c(c(=O)n1N(C)C)CN(C(=O)c1c(F)cc(F)cc1F)CC2)c1ccc(Cl)cc1.Cl. The van der Waals surface area contributed by atoms with Gasteiger partial charge in [-0.2, -0.15) is 4.68 Å². The third-order valence-corrected chi connectivity index (χ3v) is 6.08. The highest BCUT2D eigenvalue weighted by molar-refractivity contribution is 6.30. The number of fused-ring (bicyclic) bond motifs is 1. The molecule has 7 nitrogen and oxygen atoms in total. The van der Waals surface area contributed by atoms with Crippen LogP contribution in [0.2, 0.25) is 5.02 Å². The van der Waals surface area contributed by atoms with Crippen molar-refractivity contribution in [1.82, 2.24) is 14.6 Å². The first-order valence-corrected chi connectivity index (χ1v) is 11.2. The summed E-state index contributed by atoms with van der Waals surface area (Å²) in [5.74, 6) is -4.35. The molecular formula is C24H24Cl2F3N5O2. The average molecular weight is 542 g/mol. The van der Waals surface area contributed by atoms with E-state index >= 15 is 0 Å². The molecule has 1 aliphatic rings. The van der Waals surface area contributed by atoms with Gasteiger partial charge >= 0.3 is 0 Å². The van der Waals surface area contributed by atoms with Crippen molar-refractivity contribution < 1.29 is 18.0 Å². The lowest BCUT2D eigenvalue weighted by Crippen LogP contribution is -2.46. The monoisotopic (exact) mass is 541 g/mol. The minimum Gasteiger partial charge on any atom is -0.348 e. The molecule has 36 heavy (non-hydrogen) atoms. The van der Waals surface area contributed by atoms with Crippen molar-refractivity contribution in [2.24, 2.45) is 0 Å². The molecule has 0 bridgehead atoms. The summed E-state index contributed by atoms with van der Waals surface area (Å²) in [7, 11) is 3.34. The van der Waals surface area contributed by atoms with Crippen molar-refractivity contribution in [3.8, 4) is 0 Å². The summed E-state index contributed by atoms with van der Waals surface area (Å²) in [6.07, 6.45) is 0.207. The number of anilines is 1. The largest absolute Gasteiger partial charge is 0.348 e. The Kier molecular flexibility index (Phi) is 8.20. The molecule has 0 saturated carbocycles. The highest BCUT2D eigenvalue weighted by Crippen LogP contribution is 2.24. The predicted molar refractivity (Wildman–Crippen MR) is 134 cm³/mol. The number of amides is 1. The van der Waals surface area contributed by atoms with Gasteiger partial charge in [0.15, 0.2) is 0 Å². The van der Waals surface area contributed by atoms with Crippen LogP contribution >= 0.6 is 24.0 Å². The molecule has 0 unspecified atom stereocenters. The molecule has 2 heterocycles. The van der Waals surface area contributed by atoms with E-state index in [-0.39, 0.29) is 43.5 Å². The standard InChI is InChI=1S/C24H23ClF3N5O2.ClH/c1-13(14-4-6-15(25)7-5-14)29-24-30-20-8-9-32(12-17(20)22(34)33(24)31(2)3)23(35)21-18(27)10-16(26)11-19(21)28;/h4-7,10-11,13H,8-9,12H2,1-3H3,(H,29,30);1H/t13-;/m0./s1. The van der Waals surface area contributed by atoms with Crippen LogP contribution in [0.5, 0.6) is 0 Å². The topological polar surface area (TPSA) is 70.5 Å². The minimum absolute atomic E-state index is 0. The third kappa shape index (κ3) is 5.29.